The molecule has 4 aromatic rings. The number of allylic oxidation sites excluding steroid dienone is 1. The van der Waals surface area contributed by atoms with Crippen molar-refractivity contribution in [3.8, 4) is 17.1 Å². The van der Waals surface area contributed by atoms with E-state index >= 15 is 0 Å². The van der Waals surface area contributed by atoms with E-state index in [0.29, 0.717) is 74.9 Å². The van der Waals surface area contributed by atoms with Gasteiger partial charge in [0.2, 0.25) is 11.8 Å². The Morgan fingerprint density at radius 3 is 2.42 bits per heavy atom. The van der Waals surface area contributed by atoms with Gasteiger partial charge >= 0.3 is 6.09 Å². The van der Waals surface area contributed by atoms with Gasteiger partial charge in [-0.15, -0.1) is 0 Å². The summed E-state index contributed by atoms with van der Waals surface area (Å²) in [4.78, 5) is 77.6. The second kappa shape index (κ2) is 19.8. The first-order chi connectivity index (χ1) is 30.7. The van der Waals surface area contributed by atoms with Crippen molar-refractivity contribution in [1.29, 1.82) is 0 Å². The number of amides is 5. The zero-order valence-electron chi connectivity index (χ0n) is 36.8. The van der Waals surface area contributed by atoms with Gasteiger partial charge in [-0.3, -0.25) is 24.3 Å². The van der Waals surface area contributed by atoms with Crippen molar-refractivity contribution in [1.82, 2.24) is 40.7 Å². The molecule has 0 bridgehead atoms. The molecule has 2 unspecified atom stereocenters. The molecule has 0 saturated carbocycles. The normalized spacial score (nSPS) is 17.0. The molecule has 2 aromatic heterocycles. The van der Waals surface area contributed by atoms with Gasteiger partial charge in [-0.25, -0.2) is 14.8 Å². The van der Waals surface area contributed by atoms with Crippen molar-refractivity contribution in [2.75, 3.05) is 63.7 Å². The summed E-state index contributed by atoms with van der Waals surface area (Å²) in [6.45, 7) is 9.21. The van der Waals surface area contributed by atoms with E-state index < -0.39 is 42.0 Å². The quantitative estimate of drug-likeness (QED) is 0.130. The molecule has 0 spiro atoms. The number of anilines is 2. The van der Waals surface area contributed by atoms with E-state index in [1.54, 1.807) is 46.5 Å². The van der Waals surface area contributed by atoms with Crippen molar-refractivity contribution in [2.45, 2.75) is 59.2 Å². The van der Waals surface area contributed by atoms with Gasteiger partial charge in [-0.1, -0.05) is 51.1 Å². The second-order valence-corrected chi connectivity index (χ2v) is 17.5. The third-order valence-corrected chi connectivity index (χ3v) is 12.4. The lowest BCUT2D eigenvalue weighted by Gasteiger charge is -2.36. The summed E-state index contributed by atoms with van der Waals surface area (Å²) < 4.78 is 16.5. The maximum atomic E-state index is 14.0. The molecule has 64 heavy (non-hydrogen) atoms. The van der Waals surface area contributed by atoms with Crippen LogP contribution in [0, 0.1) is 5.41 Å². The number of H-pyrrole nitrogens is 1. The summed E-state index contributed by atoms with van der Waals surface area (Å²) >= 11 is 1.31. The zero-order valence-corrected chi connectivity index (χ0v) is 37.6. The lowest BCUT2D eigenvalue weighted by molar-refractivity contribution is -0.144. The number of benzene rings is 2. The molecule has 2 atom stereocenters. The predicted octanol–water partition coefficient (Wildman–Crippen LogP) is 5.04. The number of carbonyl (C=O) groups excluding carboxylic acids is 5. The molecule has 4 N–H and O–H groups in total. The van der Waals surface area contributed by atoms with Crippen molar-refractivity contribution in [2.24, 2.45) is 5.41 Å². The van der Waals surface area contributed by atoms with Gasteiger partial charge in [0.25, 0.3) is 11.8 Å². The van der Waals surface area contributed by atoms with Crippen LogP contribution in [0.1, 0.15) is 62.2 Å². The Bertz CT molecular complexity index is 2380. The fourth-order valence-corrected chi connectivity index (χ4v) is 8.43. The molecule has 7 rings (SSSR count). The largest absolute Gasteiger partial charge is 0.494 e. The monoisotopic (exact) mass is 894 g/mol. The van der Waals surface area contributed by atoms with Crippen LogP contribution in [0.3, 0.4) is 0 Å². The van der Waals surface area contributed by atoms with E-state index in [1.807, 2.05) is 71.1 Å². The van der Waals surface area contributed by atoms with E-state index in [0.717, 1.165) is 27.4 Å². The fraction of sp³-hybridized carbons (Fsp3) is 0.400. The van der Waals surface area contributed by atoms with Crippen LogP contribution in [-0.2, 0) is 29.9 Å². The molecule has 19 heteroatoms. The van der Waals surface area contributed by atoms with E-state index in [1.165, 1.54) is 24.1 Å². The van der Waals surface area contributed by atoms with Crippen LogP contribution in [0.4, 0.5) is 16.2 Å². The van der Waals surface area contributed by atoms with Crippen molar-refractivity contribution < 1.29 is 37.7 Å². The van der Waals surface area contributed by atoms with Gasteiger partial charge in [0, 0.05) is 64.3 Å². The number of pyridine rings is 1. The number of aromatic amines is 1. The lowest BCUT2D eigenvalue weighted by Crippen LogP contribution is -2.58. The van der Waals surface area contributed by atoms with E-state index in [4.69, 9.17) is 13.8 Å². The number of likely N-dealkylation sites (tertiary alicyclic amines) is 1. The highest BCUT2D eigenvalue weighted by Gasteiger charge is 2.42. The number of rotatable bonds is 13. The van der Waals surface area contributed by atoms with Crippen molar-refractivity contribution in [3.63, 3.8) is 0 Å². The van der Waals surface area contributed by atoms with E-state index in [9.17, 15) is 24.0 Å². The second-order valence-electron chi connectivity index (χ2n) is 16.8. The van der Waals surface area contributed by atoms with Gasteiger partial charge in [-0.05, 0) is 66.6 Å². The van der Waals surface area contributed by atoms with Crippen LogP contribution >= 0.6 is 12.0 Å². The molecule has 5 heterocycles. The van der Waals surface area contributed by atoms with Crippen LogP contribution in [0.2, 0.25) is 0 Å². The Kier molecular flexibility index (Phi) is 14.1. The highest BCUT2D eigenvalue weighted by Crippen LogP contribution is 2.39. The van der Waals surface area contributed by atoms with Gasteiger partial charge < -0.3 is 40.1 Å². The molecule has 18 nitrogen and oxygen atoms in total. The topological polar surface area (TPSA) is 204 Å². The minimum Gasteiger partial charge on any atom is -0.494 e. The molecule has 0 radical (unpaired) electrons. The van der Waals surface area contributed by atoms with Crippen LogP contribution in [0.5, 0.6) is 5.75 Å². The standard InChI is InChI=1S/C45H54N10O8S/c1-28-39(64-63-52(28)5)30-14-12-29(13-15-30)26-46-42(58)36-11-8-20-55(36)43(59)40(45(2,3)4)50-38(56)27-62-44(60)54-23-21-53(22-24-54)31-16-17-34(37(25-31)61-6)49-41(57)35-10-7-9-32(48-35)33-18-19-47-51-33/h7,9-10,12-19,25,36,40H,8,11,20-24,26-27H2,1-6H3,(H,46,58)(H,47,51)(H,49,57)(H,50,56). The third-order valence-electron chi connectivity index (χ3n) is 11.4. The van der Waals surface area contributed by atoms with Gasteiger partial charge in [0.05, 0.1) is 46.8 Å². The first-order valence-electron chi connectivity index (χ1n) is 21.1. The molecule has 3 aliphatic heterocycles. The first-order valence-corrected chi connectivity index (χ1v) is 21.8. The Labute approximate surface area is 376 Å². The molecular weight excluding hydrogens is 841 g/mol. The Morgan fingerprint density at radius 2 is 1.75 bits per heavy atom. The maximum Gasteiger partial charge on any atom is 0.410 e. The van der Waals surface area contributed by atoms with Crippen molar-refractivity contribution >= 4 is 58.0 Å². The molecule has 2 saturated heterocycles. The number of methoxy groups -OCH3 is 1. The zero-order chi connectivity index (χ0) is 45.5. The Hall–Kier alpha value is -6.60. The lowest BCUT2D eigenvalue weighted by atomic mass is 9.85. The van der Waals surface area contributed by atoms with Gasteiger partial charge in [0.1, 0.15) is 23.5 Å². The van der Waals surface area contributed by atoms with Crippen LogP contribution in [-0.4, -0.2) is 125 Å². The maximum absolute atomic E-state index is 14.0. The minimum atomic E-state index is -0.968. The highest BCUT2D eigenvalue weighted by atomic mass is 32.2. The summed E-state index contributed by atoms with van der Waals surface area (Å²) in [5.74, 6) is -1.20. The number of hydroxylamine groups is 2. The van der Waals surface area contributed by atoms with Crippen LogP contribution < -0.4 is 25.6 Å². The average molecular weight is 895 g/mol. The fourth-order valence-electron chi connectivity index (χ4n) is 7.65. The first kappa shape index (κ1) is 45.4. The predicted molar refractivity (Wildman–Crippen MR) is 241 cm³/mol. The number of aromatic nitrogens is 3. The number of hydrogen-bond acceptors (Lipinski definition) is 13. The van der Waals surface area contributed by atoms with E-state index in [2.05, 4.69) is 36.0 Å². The van der Waals surface area contributed by atoms with Crippen LogP contribution in [0.15, 0.2) is 78.6 Å². The summed E-state index contributed by atoms with van der Waals surface area (Å²) in [5, 5.41) is 17.2. The molecule has 3 aliphatic rings. The summed E-state index contributed by atoms with van der Waals surface area (Å²) in [6, 6.07) is 18.6. The number of nitrogens with zero attached hydrogens (tertiary/aromatic N) is 6. The molecular formula is C45H54N10O8S. The number of nitrogens with one attached hydrogen (secondary N) is 4. The number of ether oxygens (including phenoxy) is 2. The average Bonchev–Trinajstić information content (AvgIpc) is 4.09. The van der Waals surface area contributed by atoms with Gasteiger partial charge in [0.15, 0.2) is 6.61 Å². The molecule has 5 amide bonds. The molecule has 0 aliphatic carbocycles. The Morgan fingerprint density at radius 1 is 0.984 bits per heavy atom. The highest BCUT2D eigenvalue weighted by molar-refractivity contribution is 8.04. The summed E-state index contributed by atoms with van der Waals surface area (Å²) in [5.41, 5.74) is 5.05. The minimum absolute atomic E-state index is 0.226. The SMILES string of the molecule is COc1cc(N2CCN(C(=O)OCC(=O)NC(C(=O)N3CCCC3C(=O)NCc3ccc(C4=C(C)N(C)OS4)cc3)C(C)(C)C)CC2)ccc1NC(=O)c1cccc(-c2ccn[nH]2)n1. The van der Waals surface area contributed by atoms with Crippen LogP contribution in [0.25, 0.3) is 16.3 Å². The number of hydrogen-bond donors (Lipinski definition) is 4. The number of piperazine rings is 1. The third kappa shape index (κ3) is 10.6. The molecule has 2 fully saturated rings. The van der Waals surface area contributed by atoms with E-state index in [-0.39, 0.29) is 17.5 Å². The smallest absolute Gasteiger partial charge is 0.410 e. The number of carbonyl (C=O) groups is 5. The summed E-state index contributed by atoms with van der Waals surface area (Å²) in [7, 11) is 3.37. The molecule has 2 aromatic carbocycles. The van der Waals surface area contributed by atoms with Crippen molar-refractivity contribution in [3.05, 3.63) is 95.4 Å². The summed E-state index contributed by atoms with van der Waals surface area (Å²) in [6.07, 6.45) is 2.12. The Balaban J connectivity index is 0.871. The molecule has 338 valence electrons. The van der Waals surface area contributed by atoms with Gasteiger partial charge in [-0.2, -0.15) is 9.38 Å².